The molecule has 4 heterocycles. The minimum atomic E-state index is 0.561. The van der Waals surface area contributed by atoms with Crippen LogP contribution >= 0.6 is 12.2 Å². The van der Waals surface area contributed by atoms with Crippen LogP contribution in [0.3, 0.4) is 0 Å². The van der Waals surface area contributed by atoms with Crippen LogP contribution in [0.15, 0.2) is 30.3 Å². The molecule has 182 valence electrons. The Morgan fingerprint density at radius 1 is 1.06 bits per heavy atom. The maximum atomic E-state index is 5.58. The number of thiocarbonyl (C=S) groups is 1. The maximum Gasteiger partial charge on any atom is 0.232 e. The van der Waals surface area contributed by atoms with Gasteiger partial charge in [0.25, 0.3) is 0 Å². The highest BCUT2D eigenvalue weighted by molar-refractivity contribution is 7.80. The molecule has 5 rings (SSSR count). The van der Waals surface area contributed by atoms with Crippen molar-refractivity contribution in [2.24, 2.45) is 5.92 Å². The molecule has 2 aromatic rings. The molecule has 1 aromatic carbocycles. The van der Waals surface area contributed by atoms with Crippen LogP contribution in [0.25, 0.3) is 0 Å². The van der Waals surface area contributed by atoms with Gasteiger partial charge in [0.2, 0.25) is 5.95 Å². The summed E-state index contributed by atoms with van der Waals surface area (Å²) in [4.78, 5) is 16.8. The number of aromatic nitrogens is 2. The van der Waals surface area contributed by atoms with Crippen LogP contribution in [-0.2, 0) is 17.8 Å². The van der Waals surface area contributed by atoms with Gasteiger partial charge in [-0.2, -0.15) is 9.97 Å². The third-order valence-corrected chi connectivity index (χ3v) is 7.13. The summed E-state index contributed by atoms with van der Waals surface area (Å²) < 4.78 is 5.42. The molecule has 0 saturated carbocycles. The van der Waals surface area contributed by atoms with Crippen LogP contribution in [0.2, 0.25) is 0 Å². The molecule has 8 nitrogen and oxygen atoms in total. The molecule has 34 heavy (non-hydrogen) atoms. The number of hydrogen-bond acceptors (Lipinski definition) is 7. The number of piperidine rings is 1. The molecule has 9 heteroatoms. The van der Waals surface area contributed by atoms with Gasteiger partial charge in [0.1, 0.15) is 11.6 Å². The number of fused-ring (bicyclic) bond motifs is 1. The van der Waals surface area contributed by atoms with Gasteiger partial charge in [-0.1, -0.05) is 31.2 Å². The third-order valence-electron chi connectivity index (χ3n) is 6.89. The maximum absolute atomic E-state index is 5.58. The first-order valence-electron chi connectivity index (χ1n) is 12.4. The molecule has 0 aliphatic carbocycles. The SMILES string of the molecule is CC1CCCN(c2cc(N3Cc4ccccc4C3)nc(NC(=S)NCCN3CCOCC3)n2)C1. The Balaban J connectivity index is 1.29. The van der Waals surface area contributed by atoms with E-state index in [1.54, 1.807) is 0 Å². The summed E-state index contributed by atoms with van der Waals surface area (Å²) in [6.07, 6.45) is 2.47. The smallest absolute Gasteiger partial charge is 0.232 e. The summed E-state index contributed by atoms with van der Waals surface area (Å²) in [6.45, 7) is 11.4. The fourth-order valence-corrected chi connectivity index (χ4v) is 5.19. The van der Waals surface area contributed by atoms with Gasteiger partial charge in [-0.05, 0) is 42.1 Å². The lowest BCUT2D eigenvalue weighted by molar-refractivity contribution is 0.0389. The van der Waals surface area contributed by atoms with Gasteiger partial charge in [-0.15, -0.1) is 0 Å². The Kier molecular flexibility index (Phi) is 7.42. The predicted octanol–water partition coefficient (Wildman–Crippen LogP) is 2.85. The zero-order chi connectivity index (χ0) is 23.3. The van der Waals surface area contributed by atoms with Crippen molar-refractivity contribution in [2.75, 3.05) is 67.6 Å². The number of ether oxygens (including phenoxy) is 1. The van der Waals surface area contributed by atoms with Gasteiger partial charge >= 0.3 is 0 Å². The molecule has 0 bridgehead atoms. The summed E-state index contributed by atoms with van der Waals surface area (Å²) in [6, 6.07) is 10.8. The predicted molar refractivity (Wildman–Crippen MR) is 140 cm³/mol. The van der Waals surface area contributed by atoms with E-state index >= 15 is 0 Å². The normalized spacial score (nSPS) is 20.8. The zero-order valence-corrected chi connectivity index (χ0v) is 20.8. The summed E-state index contributed by atoms with van der Waals surface area (Å²) in [5.41, 5.74) is 2.73. The van der Waals surface area contributed by atoms with Crippen LogP contribution in [-0.4, -0.2) is 72.5 Å². The fourth-order valence-electron chi connectivity index (χ4n) is 4.99. The number of hydrogen-bond donors (Lipinski definition) is 2. The first-order valence-corrected chi connectivity index (χ1v) is 12.9. The van der Waals surface area contributed by atoms with Crippen LogP contribution in [0, 0.1) is 5.92 Å². The van der Waals surface area contributed by atoms with E-state index in [0.29, 0.717) is 17.0 Å². The minimum Gasteiger partial charge on any atom is -0.379 e. The lowest BCUT2D eigenvalue weighted by atomic mass is 10.0. The van der Waals surface area contributed by atoms with Gasteiger partial charge in [0.05, 0.1) is 13.2 Å². The molecule has 1 unspecified atom stereocenters. The first-order chi connectivity index (χ1) is 16.6. The van der Waals surface area contributed by atoms with Gasteiger partial charge in [0.15, 0.2) is 5.11 Å². The monoisotopic (exact) mass is 481 g/mol. The highest BCUT2D eigenvalue weighted by Crippen LogP contribution is 2.31. The van der Waals surface area contributed by atoms with Crippen molar-refractivity contribution in [1.82, 2.24) is 20.2 Å². The number of nitrogens with one attached hydrogen (secondary N) is 2. The number of benzene rings is 1. The Morgan fingerprint density at radius 3 is 2.47 bits per heavy atom. The Labute approximate surface area is 207 Å². The molecule has 0 radical (unpaired) electrons. The van der Waals surface area contributed by atoms with E-state index in [1.165, 1.54) is 24.0 Å². The molecular formula is C25H35N7OS. The second kappa shape index (κ2) is 10.8. The molecular weight excluding hydrogens is 446 g/mol. The molecule has 2 N–H and O–H groups in total. The van der Waals surface area contributed by atoms with E-state index in [9.17, 15) is 0 Å². The molecule has 3 aliphatic rings. The molecule has 1 aromatic heterocycles. The van der Waals surface area contributed by atoms with Crippen LogP contribution in [0.1, 0.15) is 30.9 Å². The number of nitrogens with zero attached hydrogens (tertiary/aromatic N) is 5. The molecule has 2 fully saturated rings. The van der Waals surface area contributed by atoms with Crippen molar-refractivity contribution in [1.29, 1.82) is 0 Å². The quantitative estimate of drug-likeness (QED) is 0.606. The lowest BCUT2D eigenvalue weighted by Crippen LogP contribution is -2.42. The van der Waals surface area contributed by atoms with Gasteiger partial charge in [0, 0.05) is 58.4 Å². The molecule has 0 spiro atoms. The summed E-state index contributed by atoms with van der Waals surface area (Å²) in [5.74, 6) is 3.15. The van der Waals surface area contributed by atoms with Crippen LogP contribution in [0.5, 0.6) is 0 Å². The van der Waals surface area contributed by atoms with Crippen molar-refractivity contribution in [3.05, 3.63) is 41.5 Å². The van der Waals surface area contributed by atoms with Gasteiger partial charge in [-0.25, -0.2) is 0 Å². The number of morpholine rings is 1. The van der Waals surface area contributed by atoms with Crippen molar-refractivity contribution >= 4 is 34.9 Å². The molecule has 0 amide bonds. The van der Waals surface area contributed by atoms with E-state index in [-0.39, 0.29) is 0 Å². The topological polar surface area (TPSA) is 68.8 Å². The summed E-state index contributed by atoms with van der Waals surface area (Å²) in [5, 5.41) is 7.14. The largest absolute Gasteiger partial charge is 0.379 e. The van der Waals surface area contributed by atoms with E-state index < -0.39 is 0 Å². The summed E-state index contributed by atoms with van der Waals surface area (Å²) >= 11 is 5.58. The molecule has 1 atom stereocenters. The summed E-state index contributed by atoms with van der Waals surface area (Å²) in [7, 11) is 0. The van der Waals surface area contributed by atoms with Crippen molar-refractivity contribution < 1.29 is 4.74 Å². The third kappa shape index (κ3) is 5.76. The van der Waals surface area contributed by atoms with E-state index in [2.05, 4.69) is 62.6 Å². The Bertz CT molecular complexity index is 972. The highest BCUT2D eigenvalue weighted by atomic mass is 32.1. The Morgan fingerprint density at radius 2 is 1.76 bits per heavy atom. The standard InChI is InChI=1S/C25H35N7OS/c1-19-5-4-9-31(16-19)22-15-23(32-17-20-6-2-3-7-21(20)18-32)28-24(27-22)29-25(34)26-8-10-30-11-13-33-14-12-30/h2-3,6-7,15,19H,4-5,8-14,16-18H2,1H3,(H2,26,27,28,29,34). The van der Waals surface area contributed by atoms with E-state index in [1.807, 2.05) is 0 Å². The molecule has 3 aliphatic heterocycles. The van der Waals surface area contributed by atoms with E-state index in [4.69, 9.17) is 26.9 Å². The van der Waals surface area contributed by atoms with Crippen molar-refractivity contribution in [3.63, 3.8) is 0 Å². The number of anilines is 3. The van der Waals surface area contributed by atoms with Crippen LogP contribution in [0.4, 0.5) is 17.6 Å². The molecule has 2 saturated heterocycles. The lowest BCUT2D eigenvalue weighted by Gasteiger charge is -2.32. The average Bonchev–Trinajstić information content (AvgIpc) is 3.29. The Hall–Kier alpha value is -2.49. The minimum absolute atomic E-state index is 0.561. The number of rotatable bonds is 6. The van der Waals surface area contributed by atoms with Crippen molar-refractivity contribution in [2.45, 2.75) is 32.9 Å². The van der Waals surface area contributed by atoms with Crippen LogP contribution < -0.4 is 20.4 Å². The van der Waals surface area contributed by atoms with E-state index in [0.717, 1.165) is 77.2 Å². The van der Waals surface area contributed by atoms with Crippen molar-refractivity contribution in [3.8, 4) is 0 Å². The van der Waals surface area contributed by atoms with Gasteiger partial charge in [-0.3, -0.25) is 4.90 Å². The first kappa shape index (κ1) is 23.3. The highest BCUT2D eigenvalue weighted by Gasteiger charge is 2.24. The second-order valence-corrected chi connectivity index (χ2v) is 9.97. The zero-order valence-electron chi connectivity index (χ0n) is 20.0. The fraction of sp³-hybridized carbons (Fsp3) is 0.560. The second-order valence-electron chi connectivity index (χ2n) is 9.56. The van der Waals surface area contributed by atoms with Gasteiger partial charge < -0.3 is 25.2 Å². The average molecular weight is 482 g/mol.